The van der Waals surface area contributed by atoms with E-state index in [4.69, 9.17) is 0 Å². The van der Waals surface area contributed by atoms with Crippen LogP contribution in [-0.2, 0) is 7.05 Å². The van der Waals surface area contributed by atoms with Gasteiger partial charge in [-0.2, -0.15) is 4.98 Å². The van der Waals surface area contributed by atoms with E-state index in [1.165, 1.54) is 0 Å². The Labute approximate surface area is 145 Å². The summed E-state index contributed by atoms with van der Waals surface area (Å²) >= 11 is 3.54. The Balaban J connectivity index is 2.17. The maximum absolute atomic E-state index is 12.3. The predicted molar refractivity (Wildman–Crippen MR) is 98.2 cm³/mol. The molecule has 1 aliphatic heterocycles. The fraction of sp³-hybridized carbons (Fsp3) is 0.529. The minimum Gasteiger partial charge on any atom is -0.350 e. The molecule has 1 unspecified atom stereocenters. The van der Waals surface area contributed by atoms with Gasteiger partial charge in [0.05, 0.1) is 5.52 Å². The molecule has 3 rings (SSSR count). The second-order valence-electron chi connectivity index (χ2n) is 6.44. The molecule has 1 aromatic heterocycles. The van der Waals surface area contributed by atoms with Gasteiger partial charge >= 0.3 is 5.69 Å². The Morgan fingerprint density at radius 1 is 1.30 bits per heavy atom. The number of hydrogen-bond donors (Lipinski definition) is 0. The molecule has 2 heterocycles. The summed E-state index contributed by atoms with van der Waals surface area (Å²) in [6.07, 6.45) is 1.09. The molecule has 124 valence electrons. The number of likely N-dealkylation sites (N-methyl/N-ethyl adjacent to an activating group) is 1. The topological polar surface area (TPSA) is 41.4 Å². The second kappa shape index (κ2) is 6.24. The van der Waals surface area contributed by atoms with Crippen molar-refractivity contribution in [3.63, 3.8) is 0 Å². The third-order valence-electron chi connectivity index (χ3n) is 4.91. The highest BCUT2D eigenvalue weighted by atomic mass is 79.9. The number of aryl methyl sites for hydroxylation is 1. The van der Waals surface area contributed by atoms with Crippen LogP contribution in [0, 0.1) is 0 Å². The molecule has 1 aromatic carbocycles. The van der Waals surface area contributed by atoms with Crippen LogP contribution in [0.4, 0.5) is 5.82 Å². The number of hydrogen-bond acceptors (Lipinski definition) is 4. The summed E-state index contributed by atoms with van der Waals surface area (Å²) in [6.45, 7) is 6.29. The number of halogens is 1. The number of nitrogens with zero attached hydrogens (tertiary/aromatic N) is 4. The van der Waals surface area contributed by atoms with E-state index in [1.807, 2.05) is 12.1 Å². The van der Waals surface area contributed by atoms with Crippen molar-refractivity contribution in [1.82, 2.24) is 14.5 Å². The summed E-state index contributed by atoms with van der Waals surface area (Å²) in [4.78, 5) is 21.4. The Hall–Kier alpha value is -1.40. The van der Waals surface area contributed by atoms with Gasteiger partial charge in [-0.05, 0) is 38.6 Å². The molecule has 0 saturated carbocycles. The molecular formula is C17H23BrN4O. The monoisotopic (exact) mass is 378 g/mol. The van der Waals surface area contributed by atoms with Crippen molar-refractivity contribution in [1.29, 1.82) is 0 Å². The lowest BCUT2D eigenvalue weighted by Gasteiger charge is -2.44. The average molecular weight is 379 g/mol. The molecule has 0 bridgehead atoms. The lowest BCUT2D eigenvalue weighted by Crippen LogP contribution is -2.56. The zero-order valence-electron chi connectivity index (χ0n) is 14.1. The molecule has 1 aliphatic rings. The van der Waals surface area contributed by atoms with Crippen molar-refractivity contribution in [2.24, 2.45) is 7.05 Å². The summed E-state index contributed by atoms with van der Waals surface area (Å²) in [6, 6.07) is 6.81. The first-order chi connectivity index (χ1) is 10.9. The Bertz CT molecular complexity index is 788. The molecule has 1 fully saturated rings. The number of anilines is 1. The summed E-state index contributed by atoms with van der Waals surface area (Å²) in [7, 11) is 3.95. The van der Waals surface area contributed by atoms with Crippen molar-refractivity contribution < 1.29 is 0 Å². The fourth-order valence-corrected chi connectivity index (χ4v) is 3.84. The first-order valence-corrected chi connectivity index (χ1v) is 8.84. The minimum absolute atomic E-state index is 0.200. The molecule has 0 radical (unpaired) electrons. The van der Waals surface area contributed by atoms with Crippen LogP contribution < -0.4 is 10.6 Å². The smallest absolute Gasteiger partial charge is 0.349 e. The molecular weight excluding hydrogens is 356 g/mol. The van der Waals surface area contributed by atoms with Crippen LogP contribution in [0.3, 0.4) is 0 Å². The molecule has 2 atom stereocenters. The van der Waals surface area contributed by atoms with Gasteiger partial charge in [0.25, 0.3) is 0 Å². The van der Waals surface area contributed by atoms with Gasteiger partial charge in [-0.15, -0.1) is 0 Å². The van der Waals surface area contributed by atoms with E-state index in [2.05, 4.69) is 57.7 Å². The number of piperazine rings is 1. The van der Waals surface area contributed by atoms with Crippen LogP contribution >= 0.6 is 15.9 Å². The van der Waals surface area contributed by atoms with Gasteiger partial charge in [0, 0.05) is 42.1 Å². The van der Waals surface area contributed by atoms with E-state index < -0.39 is 0 Å². The molecule has 5 nitrogen and oxygen atoms in total. The number of aromatic nitrogens is 2. The van der Waals surface area contributed by atoms with Crippen molar-refractivity contribution in [2.75, 3.05) is 25.0 Å². The van der Waals surface area contributed by atoms with Crippen molar-refractivity contribution in [3.05, 3.63) is 33.2 Å². The Morgan fingerprint density at radius 2 is 2.04 bits per heavy atom. The quantitative estimate of drug-likeness (QED) is 0.805. The first-order valence-electron chi connectivity index (χ1n) is 8.05. The molecule has 0 N–H and O–H groups in total. The number of rotatable bonds is 2. The Morgan fingerprint density at radius 3 is 2.74 bits per heavy atom. The first kappa shape index (κ1) is 16.5. The standard InChI is InChI=1S/C17H23BrN4O/c1-5-13-10-22(11(2)9-20(13)3)16-14-8-12(18)6-7-15(14)21(4)17(23)19-16/h6-8,11,13H,5,9-10H2,1-4H3/t11?,13-/m1/s1. The van der Waals surface area contributed by atoms with Crippen LogP contribution in [-0.4, -0.2) is 46.7 Å². The fourth-order valence-electron chi connectivity index (χ4n) is 3.47. The van der Waals surface area contributed by atoms with Gasteiger partial charge in [-0.3, -0.25) is 9.47 Å². The molecule has 2 aromatic rings. The Kier molecular flexibility index (Phi) is 4.47. The minimum atomic E-state index is -0.200. The number of fused-ring (bicyclic) bond motifs is 1. The molecule has 0 spiro atoms. The van der Waals surface area contributed by atoms with Crippen molar-refractivity contribution in [3.8, 4) is 0 Å². The number of benzene rings is 1. The van der Waals surface area contributed by atoms with E-state index in [-0.39, 0.29) is 5.69 Å². The largest absolute Gasteiger partial charge is 0.350 e. The van der Waals surface area contributed by atoms with Gasteiger partial charge in [-0.1, -0.05) is 22.9 Å². The normalized spacial score (nSPS) is 22.7. The second-order valence-corrected chi connectivity index (χ2v) is 7.36. The lowest BCUT2D eigenvalue weighted by atomic mass is 10.1. The van der Waals surface area contributed by atoms with E-state index in [1.54, 1.807) is 11.6 Å². The molecule has 1 saturated heterocycles. The van der Waals surface area contributed by atoms with Crippen LogP contribution in [0.1, 0.15) is 20.3 Å². The molecule has 6 heteroatoms. The van der Waals surface area contributed by atoms with E-state index in [0.717, 1.165) is 40.7 Å². The van der Waals surface area contributed by atoms with Gasteiger partial charge in [0.15, 0.2) is 0 Å². The maximum Gasteiger partial charge on any atom is 0.349 e. The zero-order valence-corrected chi connectivity index (χ0v) is 15.7. The van der Waals surface area contributed by atoms with Crippen LogP contribution in [0.15, 0.2) is 27.5 Å². The van der Waals surface area contributed by atoms with E-state index in [9.17, 15) is 4.79 Å². The highest BCUT2D eigenvalue weighted by Crippen LogP contribution is 2.29. The zero-order chi connectivity index (χ0) is 16.7. The van der Waals surface area contributed by atoms with E-state index >= 15 is 0 Å². The molecule has 0 aliphatic carbocycles. The SMILES string of the molecule is CC[C@@H]1CN(c2nc(=O)n(C)c3ccc(Br)cc23)C(C)CN1C. The lowest BCUT2D eigenvalue weighted by molar-refractivity contribution is 0.187. The predicted octanol–water partition coefficient (Wildman–Crippen LogP) is 2.61. The van der Waals surface area contributed by atoms with Crippen molar-refractivity contribution >= 4 is 32.7 Å². The van der Waals surface area contributed by atoms with Gasteiger partial charge < -0.3 is 4.90 Å². The third-order valence-corrected chi connectivity index (χ3v) is 5.40. The average Bonchev–Trinajstić information content (AvgIpc) is 2.51. The summed E-state index contributed by atoms with van der Waals surface area (Å²) in [5.41, 5.74) is 0.719. The molecule has 23 heavy (non-hydrogen) atoms. The summed E-state index contributed by atoms with van der Waals surface area (Å²) in [5.74, 6) is 0.809. The molecule has 0 amide bonds. The van der Waals surface area contributed by atoms with Crippen LogP contribution in [0.25, 0.3) is 10.9 Å². The van der Waals surface area contributed by atoms with Crippen molar-refractivity contribution in [2.45, 2.75) is 32.4 Å². The highest BCUT2D eigenvalue weighted by molar-refractivity contribution is 9.10. The van der Waals surface area contributed by atoms with Gasteiger partial charge in [-0.25, -0.2) is 4.79 Å². The summed E-state index contributed by atoms with van der Waals surface area (Å²) < 4.78 is 2.61. The third kappa shape index (κ3) is 2.90. The van der Waals surface area contributed by atoms with E-state index in [0.29, 0.717) is 12.1 Å². The maximum atomic E-state index is 12.3. The van der Waals surface area contributed by atoms with Gasteiger partial charge in [0.2, 0.25) is 0 Å². The van der Waals surface area contributed by atoms with Crippen LogP contribution in [0.2, 0.25) is 0 Å². The van der Waals surface area contributed by atoms with Gasteiger partial charge in [0.1, 0.15) is 5.82 Å². The highest BCUT2D eigenvalue weighted by Gasteiger charge is 2.30. The van der Waals surface area contributed by atoms with Crippen LogP contribution in [0.5, 0.6) is 0 Å². The summed E-state index contributed by atoms with van der Waals surface area (Å²) in [5, 5.41) is 1.02.